The quantitative estimate of drug-likeness (QED) is 0.548. The number of halogens is 3. The molecule has 0 N–H and O–H groups in total. The predicted octanol–water partition coefficient (Wildman–Crippen LogP) is 3.02. The maximum Gasteiger partial charge on any atom is 0.478 e. The first-order chi connectivity index (χ1) is 4.99. The van der Waals surface area contributed by atoms with Crippen molar-refractivity contribution in [1.82, 2.24) is 0 Å². The van der Waals surface area contributed by atoms with E-state index in [1.165, 1.54) is 12.8 Å². The largest absolute Gasteiger partial charge is 0.478 e. The molecular weight excluding hydrogens is 152 g/mol. The molecule has 2 aliphatic carbocycles. The Balaban J connectivity index is 1.75. The SMILES string of the molecule is F[B-](F)(F)CC1CC2(CC2)C1. The predicted molar refractivity (Wildman–Crippen MR) is 38.3 cm³/mol. The van der Waals surface area contributed by atoms with E-state index in [0.29, 0.717) is 5.41 Å². The molecule has 11 heavy (non-hydrogen) atoms. The first kappa shape index (κ1) is 7.50. The van der Waals surface area contributed by atoms with Gasteiger partial charge in [0, 0.05) is 0 Å². The summed E-state index contributed by atoms with van der Waals surface area (Å²) >= 11 is 0. The third kappa shape index (κ3) is 1.54. The molecule has 1 spiro atoms. The summed E-state index contributed by atoms with van der Waals surface area (Å²) in [6.07, 6.45) is 3.60. The molecule has 0 aromatic heterocycles. The Morgan fingerprint density at radius 1 is 1.18 bits per heavy atom. The minimum Gasteiger partial charge on any atom is -0.449 e. The minimum atomic E-state index is -4.51. The van der Waals surface area contributed by atoms with E-state index in [1.54, 1.807) is 0 Å². The van der Waals surface area contributed by atoms with E-state index in [4.69, 9.17) is 0 Å². The minimum absolute atomic E-state index is 0.0162. The molecule has 0 aromatic carbocycles. The zero-order valence-electron chi connectivity index (χ0n) is 6.32. The van der Waals surface area contributed by atoms with Gasteiger partial charge in [-0.15, -0.1) is 0 Å². The van der Waals surface area contributed by atoms with Gasteiger partial charge in [-0.2, -0.15) is 0 Å². The van der Waals surface area contributed by atoms with Crippen LogP contribution >= 0.6 is 0 Å². The third-order valence-corrected chi connectivity index (χ3v) is 3.00. The van der Waals surface area contributed by atoms with Crippen molar-refractivity contribution in [2.75, 3.05) is 0 Å². The fourth-order valence-corrected chi connectivity index (χ4v) is 2.29. The van der Waals surface area contributed by atoms with Gasteiger partial charge in [0.15, 0.2) is 0 Å². The highest BCUT2D eigenvalue weighted by Crippen LogP contribution is 2.64. The Labute approximate surface area is 64.2 Å². The maximum atomic E-state index is 11.9. The van der Waals surface area contributed by atoms with Crippen LogP contribution in [0.3, 0.4) is 0 Å². The summed E-state index contributed by atoms with van der Waals surface area (Å²) < 4.78 is 35.6. The molecule has 4 heteroatoms. The molecule has 0 nitrogen and oxygen atoms in total. The Kier molecular flexibility index (Phi) is 1.34. The molecule has 0 aliphatic heterocycles. The first-order valence-electron chi connectivity index (χ1n) is 4.20. The molecule has 2 fully saturated rings. The van der Waals surface area contributed by atoms with Gasteiger partial charge < -0.3 is 12.9 Å². The molecule has 0 saturated heterocycles. The van der Waals surface area contributed by atoms with Crippen molar-refractivity contribution < 1.29 is 12.9 Å². The van der Waals surface area contributed by atoms with Gasteiger partial charge in [-0.25, -0.2) is 0 Å². The summed E-state index contributed by atoms with van der Waals surface area (Å²) in [5.74, 6) is -0.0162. The van der Waals surface area contributed by atoms with Crippen LogP contribution in [0.4, 0.5) is 12.9 Å². The molecule has 0 bridgehead atoms. The maximum absolute atomic E-state index is 11.9. The van der Waals surface area contributed by atoms with Crippen molar-refractivity contribution in [3.8, 4) is 0 Å². The van der Waals surface area contributed by atoms with E-state index in [9.17, 15) is 12.9 Å². The van der Waals surface area contributed by atoms with Crippen molar-refractivity contribution in [1.29, 1.82) is 0 Å². The Morgan fingerprint density at radius 3 is 2.09 bits per heavy atom. The molecule has 2 rings (SSSR count). The Bertz CT molecular complexity index is 163. The van der Waals surface area contributed by atoms with E-state index in [1.807, 2.05) is 0 Å². The van der Waals surface area contributed by atoms with Crippen LogP contribution in [0.25, 0.3) is 0 Å². The van der Waals surface area contributed by atoms with Gasteiger partial charge in [0.2, 0.25) is 0 Å². The van der Waals surface area contributed by atoms with Crippen molar-refractivity contribution in [2.45, 2.75) is 32.0 Å². The van der Waals surface area contributed by atoms with E-state index >= 15 is 0 Å². The van der Waals surface area contributed by atoms with E-state index < -0.39 is 13.3 Å². The van der Waals surface area contributed by atoms with Crippen LogP contribution in [-0.2, 0) is 0 Å². The van der Waals surface area contributed by atoms with Gasteiger partial charge in [0.1, 0.15) is 0 Å². The van der Waals surface area contributed by atoms with E-state index in [0.717, 1.165) is 12.8 Å². The topological polar surface area (TPSA) is 0 Å². The van der Waals surface area contributed by atoms with Gasteiger partial charge in [-0.05, 0) is 31.1 Å². The highest BCUT2D eigenvalue weighted by Gasteiger charge is 2.53. The molecule has 2 saturated carbocycles. The summed E-state index contributed by atoms with van der Waals surface area (Å²) in [5.41, 5.74) is 0.423. The molecule has 0 atom stereocenters. The lowest BCUT2D eigenvalue weighted by Crippen LogP contribution is -2.31. The first-order valence-corrected chi connectivity index (χ1v) is 4.20. The molecule has 0 radical (unpaired) electrons. The van der Waals surface area contributed by atoms with E-state index in [-0.39, 0.29) is 5.92 Å². The van der Waals surface area contributed by atoms with Crippen LogP contribution in [0, 0.1) is 11.3 Å². The van der Waals surface area contributed by atoms with Crippen molar-refractivity contribution in [3.63, 3.8) is 0 Å². The average molecular weight is 163 g/mol. The number of hydrogen-bond donors (Lipinski definition) is 0. The zero-order valence-corrected chi connectivity index (χ0v) is 6.32. The molecule has 2 aliphatic rings. The second-order valence-electron chi connectivity index (χ2n) is 4.22. The average Bonchev–Trinajstić information content (AvgIpc) is 2.38. The molecular formula is C7H11BF3-. The second kappa shape index (κ2) is 1.96. The Morgan fingerprint density at radius 2 is 1.73 bits per heavy atom. The van der Waals surface area contributed by atoms with Crippen LogP contribution in [0.5, 0.6) is 0 Å². The summed E-state index contributed by atoms with van der Waals surface area (Å²) in [7, 11) is 0. The number of hydrogen-bond acceptors (Lipinski definition) is 0. The second-order valence-corrected chi connectivity index (χ2v) is 4.22. The summed E-state index contributed by atoms with van der Waals surface area (Å²) in [5, 5.41) is 0. The highest BCUT2D eigenvalue weighted by atomic mass is 19.4. The fourth-order valence-electron chi connectivity index (χ4n) is 2.29. The number of rotatable bonds is 2. The van der Waals surface area contributed by atoms with Gasteiger partial charge >= 0.3 is 6.98 Å². The van der Waals surface area contributed by atoms with Crippen LogP contribution in [0.15, 0.2) is 0 Å². The molecule has 0 amide bonds. The van der Waals surface area contributed by atoms with Gasteiger partial charge in [-0.3, -0.25) is 0 Å². The van der Waals surface area contributed by atoms with E-state index in [2.05, 4.69) is 0 Å². The highest BCUT2D eigenvalue weighted by molar-refractivity contribution is 6.58. The smallest absolute Gasteiger partial charge is 0.449 e. The van der Waals surface area contributed by atoms with Crippen molar-refractivity contribution >= 4 is 6.98 Å². The standard InChI is InChI=1S/C7H11BF3/c9-8(10,11)5-6-3-7(4-6)1-2-7/h6H,1-5H2/q-1. The lowest BCUT2D eigenvalue weighted by atomic mass is 9.63. The van der Waals surface area contributed by atoms with Gasteiger partial charge in [-0.1, -0.05) is 12.2 Å². The van der Waals surface area contributed by atoms with Crippen LogP contribution in [0.2, 0.25) is 6.32 Å². The lowest BCUT2D eigenvalue weighted by Gasteiger charge is -2.38. The Hall–Kier alpha value is -0.145. The summed E-state index contributed by atoms with van der Waals surface area (Å²) in [6.45, 7) is -4.51. The monoisotopic (exact) mass is 163 g/mol. The zero-order chi connectivity index (χ0) is 8.11. The van der Waals surface area contributed by atoms with Gasteiger partial charge in [0.05, 0.1) is 0 Å². The summed E-state index contributed by atoms with van der Waals surface area (Å²) in [6, 6.07) is 0. The molecule has 0 aromatic rings. The van der Waals surface area contributed by atoms with Crippen LogP contribution < -0.4 is 0 Å². The normalized spacial score (nSPS) is 28.6. The fraction of sp³-hybridized carbons (Fsp3) is 1.00. The molecule has 64 valence electrons. The van der Waals surface area contributed by atoms with Crippen molar-refractivity contribution in [2.24, 2.45) is 11.3 Å². The van der Waals surface area contributed by atoms with Gasteiger partial charge in [0.25, 0.3) is 0 Å². The molecule has 0 heterocycles. The van der Waals surface area contributed by atoms with Crippen molar-refractivity contribution in [3.05, 3.63) is 0 Å². The van der Waals surface area contributed by atoms with Crippen LogP contribution in [0.1, 0.15) is 25.7 Å². The third-order valence-electron chi connectivity index (χ3n) is 3.00. The van der Waals surface area contributed by atoms with Crippen LogP contribution in [-0.4, -0.2) is 6.98 Å². The summed E-state index contributed by atoms with van der Waals surface area (Å²) in [4.78, 5) is 0. The molecule has 0 unspecified atom stereocenters. The lowest BCUT2D eigenvalue weighted by molar-refractivity contribution is 0.176.